The average Bonchev–Trinajstić information content (AvgIpc) is 3.03. The standard InChI is InChI=1S/C21H21N3/c1-21(17-10-13-22-14-11-17)12-9-18-19(23-24-20(18)15-21)8-7-16-5-3-2-4-6-16/h2-6,9-14H,7-8,15H2,1H3,(H,23,24). The molecule has 1 unspecified atom stereocenters. The van der Waals surface area contributed by atoms with E-state index in [-0.39, 0.29) is 5.41 Å². The smallest absolute Gasteiger partial charge is 0.0700 e. The van der Waals surface area contributed by atoms with Crippen molar-refractivity contribution in [2.45, 2.75) is 31.6 Å². The molecular weight excluding hydrogens is 294 g/mol. The molecule has 1 aliphatic rings. The molecule has 120 valence electrons. The summed E-state index contributed by atoms with van der Waals surface area (Å²) >= 11 is 0. The highest BCUT2D eigenvalue weighted by Gasteiger charge is 2.30. The highest BCUT2D eigenvalue weighted by Crippen LogP contribution is 2.35. The average molecular weight is 315 g/mol. The number of hydrogen-bond acceptors (Lipinski definition) is 2. The third kappa shape index (κ3) is 2.78. The van der Waals surface area contributed by atoms with Crippen molar-refractivity contribution < 1.29 is 0 Å². The predicted molar refractivity (Wildman–Crippen MR) is 96.8 cm³/mol. The van der Waals surface area contributed by atoms with E-state index in [0.717, 1.165) is 19.3 Å². The van der Waals surface area contributed by atoms with Gasteiger partial charge in [0.05, 0.1) is 5.69 Å². The molecule has 24 heavy (non-hydrogen) atoms. The summed E-state index contributed by atoms with van der Waals surface area (Å²) in [6.07, 6.45) is 11.2. The highest BCUT2D eigenvalue weighted by molar-refractivity contribution is 5.61. The number of benzene rings is 1. The molecule has 1 aromatic carbocycles. The van der Waals surface area contributed by atoms with Gasteiger partial charge in [0.1, 0.15) is 0 Å². The minimum atomic E-state index is -0.000820. The largest absolute Gasteiger partial charge is 0.282 e. The van der Waals surface area contributed by atoms with Crippen molar-refractivity contribution >= 4 is 6.08 Å². The van der Waals surface area contributed by atoms with Crippen LogP contribution < -0.4 is 0 Å². The van der Waals surface area contributed by atoms with E-state index in [1.165, 1.54) is 28.1 Å². The van der Waals surface area contributed by atoms with Crippen LogP contribution in [-0.2, 0) is 24.7 Å². The summed E-state index contributed by atoms with van der Waals surface area (Å²) in [5, 5.41) is 7.85. The van der Waals surface area contributed by atoms with Crippen LogP contribution in [0.3, 0.4) is 0 Å². The van der Waals surface area contributed by atoms with E-state index in [2.05, 4.69) is 76.7 Å². The van der Waals surface area contributed by atoms with Crippen LogP contribution in [0.15, 0.2) is 60.9 Å². The lowest BCUT2D eigenvalue weighted by atomic mass is 9.75. The van der Waals surface area contributed by atoms with E-state index in [0.29, 0.717) is 0 Å². The molecular formula is C21H21N3. The SMILES string of the molecule is CC1(c2ccncc2)C=Cc2c(CCc3ccccc3)n[nH]c2C1. The van der Waals surface area contributed by atoms with Gasteiger partial charge in [-0.25, -0.2) is 0 Å². The fourth-order valence-corrected chi connectivity index (χ4v) is 3.48. The van der Waals surface area contributed by atoms with Crippen LogP contribution in [0.2, 0.25) is 0 Å². The molecule has 3 nitrogen and oxygen atoms in total. The molecule has 0 bridgehead atoms. The summed E-state index contributed by atoms with van der Waals surface area (Å²) in [4.78, 5) is 4.13. The number of aromatic amines is 1. The number of rotatable bonds is 4. The summed E-state index contributed by atoms with van der Waals surface area (Å²) in [5.74, 6) is 0. The van der Waals surface area contributed by atoms with Crippen molar-refractivity contribution in [1.29, 1.82) is 0 Å². The Bertz CT molecular complexity index is 849. The lowest BCUT2D eigenvalue weighted by molar-refractivity contribution is 0.576. The van der Waals surface area contributed by atoms with Crippen molar-refractivity contribution in [3.63, 3.8) is 0 Å². The van der Waals surface area contributed by atoms with E-state index < -0.39 is 0 Å². The first-order valence-electron chi connectivity index (χ1n) is 8.44. The van der Waals surface area contributed by atoms with E-state index in [4.69, 9.17) is 0 Å². The Labute approximate surface area is 142 Å². The van der Waals surface area contributed by atoms with Gasteiger partial charge in [-0.05, 0) is 36.1 Å². The number of hydrogen-bond donors (Lipinski definition) is 1. The lowest BCUT2D eigenvalue weighted by Gasteiger charge is -2.29. The van der Waals surface area contributed by atoms with Crippen molar-refractivity contribution in [2.24, 2.45) is 0 Å². The Kier molecular flexibility index (Phi) is 3.77. The molecule has 1 atom stereocenters. The van der Waals surface area contributed by atoms with Crippen molar-refractivity contribution in [1.82, 2.24) is 15.2 Å². The molecule has 0 saturated carbocycles. The van der Waals surface area contributed by atoms with Gasteiger partial charge < -0.3 is 0 Å². The summed E-state index contributed by atoms with van der Waals surface area (Å²) in [7, 11) is 0. The van der Waals surface area contributed by atoms with Crippen LogP contribution in [0.1, 0.15) is 35.0 Å². The number of nitrogens with zero attached hydrogens (tertiary/aromatic N) is 2. The Balaban J connectivity index is 1.55. The summed E-state index contributed by atoms with van der Waals surface area (Å²) in [6.45, 7) is 2.27. The minimum Gasteiger partial charge on any atom is -0.282 e. The number of fused-ring (bicyclic) bond motifs is 1. The monoisotopic (exact) mass is 315 g/mol. The van der Waals surface area contributed by atoms with Crippen LogP contribution in [-0.4, -0.2) is 15.2 Å². The number of pyridine rings is 1. The van der Waals surface area contributed by atoms with Crippen LogP contribution >= 0.6 is 0 Å². The second-order valence-electron chi connectivity index (χ2n) is 6.71. The molecule has 2 aromatic heterocycles. The van der Waals surface area contributed by atoms with Gasteiger partial charge >= 0.3 is 0 Å². The first kappa shape index (κ1) is 14.9. The van der Waals surface area contributed by atoms with Gasteiger partial charge in [0.25, 0.3) is 0 Å². The fourth-order valence-electron chi connectivity index (χ4n) is 3.48. The number of allylic oxidation sites excluding steroid dienone is 1. The second kappa shape index (κ2) is 6.08. The van der Waals surface area contributed by atoms with Crippen molar-refractivity contribution in [3.8, 4) is 0 Å². The number of aryl methyl sites for hydroxylation is 2. The Morgan fingerprint density at radius 3 is 2.62 bits per heavy atom. The molecule has 0 saturated heterocycles. The molecule has 3 aromatic rings. The molecule has 0 radical (unpaired) electrons. The van der Waals surface area contributed by atoms with Crippen LogP contribution in [0, 0.1) is 0 Å². The normalized spacial score (nSPS) is 19.2. The Hall–Kier alpha value is -2.68. The molecule has 0 fully saturated rings. The summed E-state index contributed by atoms with van der Waals surface area (Å²) < 4.78 is 0. The molecule has 3 heteroatoms. The topological polar surface area (TPSA) is 41.6 Å². The third-order valence-electron chi connectivity index (χ3n) is 4.96. The van der Waals surface area contributed by atoms with Gasteiger partial charge in [-0.2, -0.15) is 5.10 Å². The van der Waals surface area contributed by atoms with Crippen LogP contribution in [0.25, 0.3) is 6.08 Å². The Morgan fingerprint density at radius 2 is 1.83 bits per heavy atom. The van der Waals surface area contributed by atoms with E-state index in [1.54, 1.807) is 0 Å². The molecule has 0 spiro atoms. The number of nitrogens with one attached hydrogen (secondary N) is 1. The first-order chi connectivity index (χ1) is 11.7. The van der Waals surface area contributed by atoms with Crippen molar-refractivity contribution in [2.75, 3.05) is 0 Å². The Morgan fingerprint density at radius 1 is 1.04 bits per heavy atom. The first-order valence-corrected chi connectivity index (χ1v) is 8.44. The number of H-pyrrole nitrogens is 1. The van der Waals surface area contributed by atoms with Crippen LogP contribution in [0.4, 0.5) is 0 Å². The van der Waals surface area contributed by atoms with Crippen molar-refractivity contribution in [3.05, 3.63) is 89.0 Å². The minimum absolute atomic E-state index is 0.000820. The van der Waals surface area contributed by atoms with Gasteiger partial charge in [0.15, 0.2) is 0 Å². The van der Waals surface area contributed by atoms with Gasteiger partial charge in [0, 0.05) is 35.5 Å². The van der Waals surface area contributed by atoms with Gasteiger partial charge in [-0.15, -0.1) is 0 Å². The third-order valence-corrected chi connectivity index (χ3v) is 4.96. The quantitative estimate of drug-likeness (QED) is 0.787. The maximum atomic E-state index is 4.58. The molecule has 1 N–H and O–H groups in total. The maximum Gasteiger partial charge on any atom is 0.0700 e. The lowest BCUT2D eigenvalue weighted by Crippen LogP contribution is -2.25. The van der Waals surface area contributed by atoms with Crippen LogP contribution in [0.5, 0.6) is 0 Å². The molecule has 2 heterocycles. The van der Waals surface area contributed by atoms with E-state index >= 15 is 0 Å². The number of aromatic nitrogens is 3. The molecule has 0 amide bonds. The zero-order valence-electron chi connectivity index (χ0n) is 13.9. The second-order valence-corrected chi connectivity index (χ2v) is 6.71. The summed E-state index contributed by atoms with van der Waals surface area (Å²) in [6, 6.07) is 14.8. The van der Waals surface area contributed by atoms with Gasteiger partial charge in [0.2, 0.25) is 0 Å². The maximum absolute atomic E-state index is 4.58. The zero-order chi connectivity index (χ0) is 16.4. The molecule has 1 aliphatic carbocycles. The van der Waals surface area contributed by atoms with E-state index in [1.807, 2.05) is 12.4 Å². The molecule has 4 rings (SSSR count). The summed E-state index contributed by atoms with van der Waals surface area (Å²) in [5.41, 5.74) is 6.33. The predicted octanol–water partition coefficient (Wildman–Crippen LogP) is 4.12. The van der Waals surface area contributed by atoms with Gasteiger partial charge in [-0.3, -0.25) is 10.1 Å². The van der Waals surface area contributed by atoms with E-state index in [9.17, 15) is 0 Å². The molecule has 0 aliphatic heterocycles. The van der Waals surface area contributed by atoms with Gasteiger partial charge in [-0.1, -0.05) is 49.4 Å². The highest BCUT2D eigenvalue weighted by atomic mass is 15.1. The zero-order valence-corrected chi connectivity index (χ0v) is 13.9. The fraction of sp³-hybridized carbons (Fsp3) is 0.238.